The molecular formula is C6H8N2O2. The van der Waals surface area contributed by atoms with Gasteiger partial charge in [-0.3, -0.25) is 4.79 Å². The molecule has 0 saturated carbocycles. The Bertz CT molecular complexity index is 190. The largest absolute Gasteiger partial charge is 0.468 e. The van der Waals surface area contributed by atoms with Crippen LogP contribution in [0.15, 0.2) is 0 Å². The first-order valence-electron chi connectivity index (χ1n) is 2.95. The normalized spacial score (nSPS) is 20.4. The highest BCUT2D eigenvalue weighted by Gasteiger charge is 2.45. The minimum Gasteiger partial charge on any atom is -0.468 e. The molecule has 0 radical (unpaired) electrons. The number of nitrogens with zero attached hydrogens (tertiary/aromatic N) is 1. The van der Waals surface area contributed by atoms with Crippen LogP contribution in [0.5, 0.6) is 0 Å². The van der Waals surface area contributed by atoms with E-state index < -0.39 is 11.4 Å². The Morgan fingerprint density at radius 2 is 2.40 bits per heavy atom. The van der Waals surface area contributed by atoms with Crippen LogP contribution in [0.2, 0.25) is 0 Å². The third-order valence-corrected chi connectivity index (χ3v) is 1.64. The van der Waals surface area contributed by atoms with Gasteiger partial charge in [0, 0.05) is 13.1 Å². The van der Waals surface area contributed by atoms with Crippen LogP contribution in [0, 0.1) is 16.7 Å². The predicted octanol–water partition coefficient (Wildman–Crippen LogP) is -0.727. The quantitative estimate of drug-likeness (QED) is 0.488. The van der Waals surface area contributed by atoms with Gasteiger partial charge in [0.25, 0.3) is 0 Å². The number of carbonyl (C=O) groups is 1. The maximum Gasteiger partial charge on any atom is 0.328 e. The van der Waals surface area contributed by atoms with E-state index in [1.54, 1.807) is 0 Å². The van der Waals surface area contributed by atoms with Crippen molar-refractivity contribution >= 4 is 5.97 Å². The van der Waals surface area contributed by atoms with E-state index in [0.29, 0.717) is 13.1 Å². The smallest absolute Gasteiger partial charge is 0.328 e. The van der Waals surface area contributed by atoms with Gasteiger partial charge in [-0.15, -0.1) is 0 Å². The average molecular weight is 140 g/mol. The Balaban J connectivity index is 2.67. The Morgan fingerprint density at radius 1 is 1.80 bits per heavy atom. The predicted molar refractivity (Wildman–Crippen MR) is 32.9 cm³/mol. The van der Waals surface area contributed by atoms with Gasteiger partial charge in [-0.1, -0.05) is 0 Å². The standard InChI is InChI=1S/C6H8N2O2/c1-10-5(9)6(2-7)3-8-4-6/h8H,3-4H2,1H3. The van der Waals surface area contributed by atoms with Crippen molar-refractivity contribution in [3.63, 3.8) is 0 Å². The van der Waals surface area contributed by atoms with E-state index in [0.717, 1.165) is 0 Å². The highest BCUT2D eigenvalue weighted by atomic mass is 16.5. The zero-order chi connectivity index (χ0) is 7.61. The molecule has 1 rings (SSSR count). The van der Waals surface area contributed by atoms with Gasteiger partial charge in [-0.25, -0.2) is 0 Å². The zero-order valence-corrected chi connectivity index (χ0v) is 5.68. The van der Waals surface area contributed by atoms with E-state index in [1.165, 1.54) is 7.11 Å². The Morgan fingerprint density at radius 3 is 2.50 bits per heavy atom. The number of nitrogens with one attached hydrogen (secondary N) is 1. The summed E-state index contributed by atoms with van der Waals surface area (Å²) in [5.41, 5.74) is -0.894. The molecule has 0 atom stereocenters. The van der Waals surface area contributed by atoms with Crippen LogP contribution in [0.25, 0.3) is 0 Å². The maximum atomic E-state index is 10.9. The summed E-state index contributed by atoms with van der Waals surface area (Å²) in [6.07, 6.45) is 0. The van der Waals surface area contributed by atoms with Crippen molar-refractivity contribution in [2.24, 2.45) is 5.41 Å². The number of hydrogen-bond acceptors (Lipinski definition) is 4. The van der Waals surface area contributed by atoms with E-state index >= 15 is 0 Å². The van der Waals surface area contributed by atoms with Gasteiger partial charge in [0.15, 0.2) is 5.41 Å². The lowest BCUT2D eigenvalue weighted by atomic mass is 9.84. The fourth-order valence-electron chi connectivity index (χ4n) is 0.839. The third kappa shape index (κ3) is 0.755. The second kappa shape index (κ2) is 2.27. The summed E-state index contributed by atoms with van der Waals surface area (Å²) in [5, 5.41) is 11.4. The molecule has 1 fully saturated rings. The molecule has 54 valence electrons. The first-order chi connectivity index (χ1) is 4.75. The SMILES string of the molecule is COC(=O)C1(C#N)CNC1. The van der Waals surface area contributed by atoms with Gasteiger partial charge in [-0.05, 0) is 0 Å². The molecule has 1 heterocycles. The number of carbonyl (C=O) groups excluding carboxylic acids is 1. The molecule has 0 aliphatic carbocycles. The van der Waals surface area contributed by atoms with Gasteiger partial charge in [0.1, 0.15) is 0 Å². The number of nitriles is 1. The van der Waals surface area contributed by atoms with Crippen molar-refractivity contribution in [3.8, 4) is 6.07 Å². The van der Waals surface area contributed by atoms with E-state index in [9.17, 15) is 4.79 Å². The van der Waals surface area contributed by atoms with Crippen molar-refractivity contribution in [1.82, 2.24) is 5.32 Å². The summed E-state index contributed by atoms with van der Waals surface area (Å²) in [6.45, 7) is 0.826. The van der Waals surface area contributed by atoms with Crippen LogP contribution in [0.3, 0.4) is 0 Å². The zero-order valence-electron chi connectivity index (χ0n) is 5.68. The molecule has 1 aliphatic rings. The van der Waals surface area contributed by atoms with E-state index in [2.05, 4.69) is 10.1 Å². The number of ether oxygens (including phenoxy) is 1. The van der Waals surface area contributed by atoms with E-state index in [4.69, 9.17) is 5.26 Å². The molecule has 0 aromatic rings. The van der Waals surface area contributed by atoms with Gasteiger partial charge >= 0.3 is 5.97 Å². The molecule has 10 heavy (non-hydrogen) atoms. The lowest BCUT2D eigenvalue weighted by Gasteiger charge is -2.32. The fourth-order valence-corrected chi connectivity index (χ4v) is 0.839. The number of methoxy groups -OCH3 is 1. The Hall–Kier alpha value is -1.08. The summed E-state index contributed by atoms with van der Waals surface area (Å²) in [6, 6.07) is 1.93. The van der Waals surface area contributed by atoms with Gasteiger partial charge in [0.2, 0.25) is 0 Å². The molecule has 0 unspecified atom stereocenters. The number of esters is 1. The second-order valence-electron chi connectivity index (χ2n) is 2.29. The molecule has 0 aromatic heterocycles. The van der Waals surface area contributed by atoms with Crippen LogP contribution < -0.4 is 5.32 Å². The minimum absolute atomic E-state index is 0.413. The molecule has 1 N–H and O–H groups in total. The monoisotopic (exact) mass is 140 g/mol. The van der Waals surface area contributed by atoms with E-state index in [1.807, 2.05) is 6.07 Å². The van der Waals surface area contributed by atoms with E-state index in [-0.39, 0.29) is 0 Å². The lowest BCUT2D eigenvalue weighted by molar-refractivity contribution is -0.151. The summed E-state index contributed by atoms with van der Waals surface area (Å²) in [7, 11) is 1.29. The lowest BCUT2D eigenvalue weighted by Crippen LogP contribution is -2.57. The summed E-state index contributed by atoms with van der Waals surface area (Å²) in [5.74, 6) is -0.436. The van der Waals surface area contributed by atoms with Gasteiger partial charge in [0.05, 0.1) is 13.2 Å². The van der Waals surface area contributed by atoms with Crippen molar-refractivity contribution in [2.45, 2.75) is 0 Å². The number of rotatable bonds is 1. The molecule has 0 spiro atoms. The molecular weight excluding hydrogens is 132 g/mol. The summed E-state index contributed by atoms with van der Waals surface area (Å²) < 4.78 is 4.45. The van der Waals surface area contributed by atoms with Crippen LogP contribution >= 0.6 is 0 Å². The van der Waals surface area contributed by atoms with Crippen LogP contribution in [-0.2, 0) is 9.53 Å². The maximum absolute atomic E-state index is 10.9. The fraction of sp³-hybridized carbons (Fsp3) is 0.667. The molecule has 0 aromatic carbocycles. The molecule has 0 bridgehead atoms. The van der Waals surface area contributed by atoms with Crippen LogP contribution in [-0.4, -0.2) is 26.2 Å². The summed E-state index contributed by atoms with van der Waals surface area (Å²) >= 11 is 0. The van der Waals surface area contributed by atoms with Crippen molar-refractivity contribution in [2.75, 3.05) is 20.2 Å². The number of hydrogen-bond donors (Lipinski definition) is 1. The van der Waals surface area contributed by atoms with Gasteiger partial charge < -0.3 is 10.1 Å². The molecule has 4 nitrogen and oxygen atoms in total. The average Bonchev–Trinajstić information content (AvgIpc) is 1.86. The van der Waals surface area contributed by atoms with Crippen LogP contribution in [0.4, 0.5) is 0 Å². The topological polar surface area (TPSA) is 62.1 Å². The second-order valence-corrected chi connectivity index (χ2v) is 2.29. The van der Waals surface area contributed by atoms with Crippen molar-refractivity contribution in [1.29, 1.82) is 5.26 Å². The third-order valence-electron chi connectivity index (χ3n) is 1.64. The van der Waals surface area contributed by atoms with Gasteiger partial charge in [-0.2, -0.15) is 5.26 Å². The van der Waals surface area contributed by atoms with Crippen molar-refractivity contribution in [3.05, 3.63) is 0 Å². The minimum atomic E-state index is -0.894. The molecule has 0 amide bonds. The molecule has 1 saturated heterocycles. The van der Waals surface area contributed by atoms with Crippen LogP contribution in [0.1, 0.15) is 0 Å². The highest BCUT2D eigenvalue weighted by molar-refractivity contribution is 5.81. The van der Waals surface area contributed by atoms with Crippen molar-refractivity contribution < 1.29 is 9.53 Å². The molecule has 4 heteroatoms. The summed E-state index contributed by atoms with van der Waals surface area (Å²) in [4.78, 5) is 10.9. The Kier molecular flexibility index (Phi) is 1.60. The first kappa shape index (κ1) is 7.03. The molecule has 1 aliphatic heterocycles. The Labute approximate surface area is 58.8 Å². The first-order valence-corrected chi connectivity index (χ1v) is 2.95. The highest BCUT2D eigenvalue weighted by Crippen LogP contribution is 2.22.